The van der Waals surface area contributed by atoms with E-state index in [4.69, 9.17) is 0 Å². The zero-order valence-corrected chi connectivity index (χ0v) is 17.0. The summed E-state index contributed by atoms with van der Waals surface area (Å²) in [6.07, 6.45) is 3.11. The highest BCUT2D eigenvalue weighted by Crippen LogP contribution is 2.25. The quantitative estimate of drug-likeness (QED) is 0.649. The van der Waals surface area contributed by atoms with Crippen molar-refractivity contribution >= 4 is 31.1 Å². The molecule has 0 unspecified atom stereocenters. The summed E-state index contributed by atoms with van der Waals surface area (Å²) in [5.74, 6) is 0.317. The largest absolute Gasteiger partial charge is 0.269 e. The lowest BCUT2D eigenvalue weighted by atomic mass is 10.0. The molecule has 2 heterocycles. The molecule has 3 aromatic rings. The SMILES string of the molecule is C[C@@H]1CCCN(S(=O)(=O)c2ccc(S(=O)(=O)n3cnc4ccccc43)cc2)C1. The van der Waals surface area contributed by atoms with E-state index >= 15 is 0 Å². The summed E-state index contributed by atoms with van der Waals surface area (Å²) in [5.41, 5.74) is 1.05. The van der Waals surface area contributed by atoms with Crippen LogP contribution in [0.25, 0.3) is 11.0 Å². The monoisotopic (exact) mass is 419 g/mol. The number of hydrogen-bond acceptors (Lipinski definition) is 5. The lowest BCUT2D eigenvalue weighted by molar-refractivity contribution is 0.281. The summed E-state index contributed by atoms with van der Waals surface area (Å²) in [6.45, 7) is 3.02. The molecule has 1 fully saturated rings. The van der Waals surface area contributed by atoms with Crippen LogP contribution in [0.3, 0.4) is 0 Å². The number of hydrogen-bond donors (Lipinski definition) is 0. The first kappa shape index (κ1) is 19.1. The van der Waals surface area contributed by atoms with Gasteiger partial charge in [-0.15, -0.1) is 0 Å². The van der Waals surface area contributed by atoms with Crippen molar-refractivity contribution in [3.8, 4) is 0 Å². The first-order valence-corrected chi connectivity index (χ1v) is 12.0. The summed E-state index contributed by atoms with van der Waals surface area (Å²) in [4.78, 5) is 4.24. The highest BCUT2D eigenvalue weighted by atomic mass is 32.2. The van der Waals surface area contributed by atoms with Crippen LogP contribution in [-0.2, 0) is 20.0 Å². The molecule has 1 atom stereocenters. The third kappa shape index (κ3) is 3.23. The molecule has 0 bridgehead atoms. The highest BCUT2D eigenvalue weighted by molar-refractivity contribution is 7.90. The molecule has 0 spiro atoms. The fraction of sp³-hybridized carbons (Fsp3) is 0.316. The fourth-order valence-corrected chi connectivity index (χ4v) is 6.43. The number of imidazole rings is 1. The molecule has 1 aromatic heterocycles. The number of sulfonamides is 1. The molecular formula is C19H21N3O4S2. The lowest BCUT2D eigenvalue weighted by Gasteiger charge is -2.30. The maximum atomic E-state index is 13.0. The molecule has 28 heavy (non-hydrogen) atoms. The third-order valence-electron chi connectivity index (χ3n) is 5.06. The molecule has 0 saturated carbocycles. The summed E-state index contributed by atoms with van der Waals surface area (Å²) in [7, 11) is -7.50. The van der Waals surface area contributed by atoms with E-state index in [1.807, 2.05) is 6.92 Å². The van der Waals surface area contributed by atoms with Crippen LogP contribution in [0, 0.1) is 5.92 Å². The van der Waals surface area contributed by atoms with Gasteiger partial charge in [-0.1, -0.05) is 19.1 Å². The van der Waals surface area contributed by atoms with Crippen molar-refractivity contribution in [2.24, 2.45) is 5.92 Å². The van der Waals surface area contributed by atoms with Gasteiger partial charge in [-0.2, -0.15) is 4.31 Å². The van der Waals surface area contributed by atoms with E-state index in [-0.39, 0.29) is 9.79 Å². The van der Waals surface area contributed by atoms with Gasteiger partial charge in [0, 0.05) is 13.1 Å². The number of para-hydroxylation sites is 2. The Bertz CT molecular complexity index is 1220. The van der Waals surface area contributed by atoms with Gasteiger partial charge in [-0.05, 0) is 55.2 Å². The van der Waals surface area contributed by atoms with E-state index in [1.54, 1.807) is 24.3 Å². The molecular weight excluding hydrogens is 398 g/mol. The van der Waals surface area contributed by atoms with Gasteiger partial charge in [0.05, 0.1) is 20.8 Å². The van der Waals surface area contributed by atoms with Gasteiger partial charge in [-0.25, -0.2) is 25.8 Å². The Morgan fingerprint density at radius 3 is 2.25 bits per heavy atom. The molecule has 2 aromatic carbocycles. The number of rotatable bonds is 4. The predicted octanol–water partition coefficient (Wildman–Crippen LogP) is 2.69. The van der Waals surface area contributed by atoms with Gasteiger partial charge in [0.25, 0.3) is 10.0 Å². The van der Waals surface area contributed by atoms with Crippen LogP contribution in [0.4, 0.5) is 0 Å². The number of fused-ring (bicyclic) bond motifs is 1. The molecule has 7 nitrogen and oxygen atoms in total. The molecule has 0 N–H and O–H groups in total. The standard InChI is InChI=1S/C19H21N3O4S2/c1-15-5-4-12-21(13-15)27(23,24)16-8-10-17(11-9-16)28(25,26)22-14-20-18-6-2-3-7-19(18)22/h2-3,6-11,14-15H,4-5,12-13H2,1H3/t15-/m1/s1. The van der Waals surface area contributed by atoms with Crippen molar-refractivity contribution in [1.29, 1.82) is 0 Å². The first-order chi connectivity index (χ1) is 13.3. The van der Waals surface area contributed by atoms with Gasteiger partial charge >= 0.3 is 0 Å². The smallest absolute Gasteiger partial charge is 0.236 e. The van der Waals surface area contributed by atoms with Crippen molar-refractivity contribution < 1.29 is 16.8 Å². The Morgan fingerprint density at radius 1 is 0.929 bits per heavy atom. The average Bonchev–Trinajstić information content (AvgIpc) is 3.13. The summed E-state index contributed by atoms with van der Waals surface area (Å²) in [5, 5.41) is 0. The van der Waals surface area contributed by atoms with Crippen LogP contribution < -0.4 is 0 Å². The van der Waals surface area contributed by atoms with E-state index in [2.05, 4.69) is 4.98 Å². The molecule has 4 rings (SSSR count). The predicted molar refractivity (Wildman–Crippen MR) is 106 cm³/mol. The molecule has 0 amide bonds. The number of aromatic nitrogens is 2. The fourth-order valence-electron chi connectivity index (χ4n) is 3.54. The average molecular weight is 420 g/mol. The Labute approximate surface area is 164 Å². The first-order valence-electron chi connectivity index (χ1n) is 9.08. The highest BCUT2D eigenvalue weighted by Gasteiger charge is 2.29. The second kappa shape index (κ2) is 6.98. The Hall–Kier alpha value is -2.23. The molecule has 0 radical (unpaired) electrons. The lowest BCUT2D eigenvalue weighted by Crippen LogP contribution is -2.39. The van der Waals surface area contributed by atoms with Crippen LogP contribution in [0.5, 0.6) is 0 Å². The van der Waals surface area contributed by atoms with E-state index in [9.17, 15) is 16.8 Å². The van der Waals surface area contributed by atoms with Crippen molar-refractivity contribution in [1.82, 2.24) is 13.3 Å². The number of piperidine rings is 1. The third-order valence-corrected chi connectivity index (χ3v) is 8.62. The van der Waals surface area contributed by atoms with Crippen LogP contribution in [0.1, 0.15) is 19.8 Å². The zero-order chi connectivity index (χ0) is 19.9. The van der Waals surface area contributed by atoms with Crippen molar-refractivity contribution in [2.75, 3.05) is 13.1 Å². The van der Waals surface area contributed by atoms with Gasteiger partial charge in [0.2, 0.25) is 10.0 Å². The van der Waals surface area contributed by atoms with Crippen molar-refractivity contribution in [3.05, 3.63) is 54.9 Å². The van der Waals surface area contributed by atoms with Crippen LogP contribution in [0.2, 0.25) is 0 Å². The van der Waals surface area contributed by atoms with E-state index in [0.717, 1.165) is 16.8 Å². The normalized spacial score (nSPS) is 19.1. The van der Waals surface area contributed by atoms with Crippen molar-refractivity contribution in [2.45, 2.75) is 29.6 Å². The van der Waals surface area contributed by atoms with Crippen LogP contribution >= 0.6 is 0 Å². The molecule has 1 aliphatic rings. The summed E-state index contributed by atoms with van der Waals surface area (Å²) < 4.78 is 54.3. The summed E-state index contributed by atoms with van der Waals surface area (Å²) in [6, 6.07) is 12.3. The number of benzene rings is 2. The topological polar surface area (TPSA) is 89.3 Å². The van der Waals surface area contributed by atoms with Gasteiger partial charge in [-0.3, -0.25) is 0 Å². The molecule has 1 saturated heterocycles. The maximum absolute atomic E-state index is 13.0. The van der Waals surface area contributed by atoms with Gasteiger partial charge < -0.3 is 0 Å². The molecule has 1 aliphatic heterocycles. The van der Waals surface area contributed by atoms with E-state index in [1.165, 1.54) is 34.9 Å². The van der Waals surface area contributed by atoms with E-state index in [0.29, 0.717) is 30.0 Å². The van der Waals surface area contributed by atoms with Gasteiger partial charge in [0.15, 0.2) is 0 Å². The van der Waals surface area contributed by atoms with E-state index < -0.39 is 20.0 Å². The molecule has 148 valence electrons. The number of nitrogens with zero attached hydrogens (tertiary/aromatic N) is 3. The summed E-state index contributed by atoms with van der Waals surface area (Å²) >= 11 is 0. The molecule has 9 heteroatoms. The Morgan fingerprint density at radius 2 is 1.57 bits per heavy atom. The Kier molecular flexibility index (Phi) is 4.76. The van der Waals surface area contributed by atoms with Crippen molar-refractivity contribution in [3.63, 3.8) is 0 Å². The second-order valence-electron chi connectivity index (χ2n) is 7.12. The van der Waals surface area contributed by atoms with Crippen LogP contribution in [0.15, 0.2) is 64.6 Å². The maximum Gasteiger partial charge on any atom is 0.269 e. The van der Waals surface area contributed by atoms with Crippen LogP contribution in [-0.4, -0.2) is 43.2 Å². The molecule has 0 aliphatic carbocycles. The second-order valence-corrected chi connectivity index (χ2v) is 10.9. The minimum absolute atomic E-state index is 0.0154. The minimum Gasteiger partial charge on any atom is -0.236 e. The van der Waals surface area contributed by atoms with Gasteiger partial charge in [0.1, 0.15) is 6.33 Å². The minimum atomic E-state index is -3.87. The zero-order valence-electron chi connectivity index (χ0n) is 15.4. The Balaban J connectivity index is 1.68.